The average Bonchev–Trinajstić information content (AvgIpc) is 2.40. The molecule has 0 unspecified atom stereocenters. The van der Waals surface area contributed by atoms with Gasteiger partial charge in [0.15, 0.2) is 0 Å². The van der Waals surface area contributed by atoms with Crippen LogP contribution >= 0.6 is 0 Å². The summed E-state index contributed by atoms with van der Waals surface area (Å²) in [4.78, 5) is 0. The SMILES string of the molecule is C=COc1ccc(-c2ccc(OC)cc2)cc1. The highest BCUT2D eigenvalue weighted by Crippen LogP contribution is 2.24. The van der Waals surface area contributed by atoms with Crippen LogP contribution in [0.25, 0.3) is 11.1 Å². The first kappa shape index (κ1) is 11.3. The molecule has 0 aliphatic rings. The second-order valence-electron chi connectivity index (χ2n) is 3.54. The topological polar surface area (TPSA) is 18.5 Å². The Kier molecular flexibility index (Phi) is 3.46. The first-order valence-electron chi connectivity index (χ1n) is 5.35. The molecule has 0 saturated carbocycles. The zero-order valence-electron chi connectivity index (χ0n) is 9.72. The van der Waals surface area contributed by atoms with Crippen molar-refractivity contribution < 1.29 is 9.47 Å². The fraction of sp³-hybridized carbons (Fsp3) is 0.0667. The van der Waals surface area contributed by atoms with Crippen LogP contribution in [0.1, 0.15) is 0 Å². The van der Waals surface area contributed by atoms with Gasteiger partial charge < -0.3 is 9.47 Å². The van der Waals surface area contributed by atoms with Gasteiger partial charge in [0, 0.05) is 0 Å². The Morgan fingerprint density at radius 3 is 1.71 bits per heavy atom. The minimum atomic E-state index is 0.789. The second kappa shape index (κ2) is 5.21. The summed E-state index contributed by atoms with van der Waals surface area (Å²) >= 11 is 0. The van der Waals surface area contributed by atoms with Crippen molar-refractivity contribution in [3.8, 4) is 22.6 Å². The minimum absolute atomic E-state index is 0.789. The van der Waals surface area contributed by atoms with E-state index < -0.39 is 0 Å². The maximum Gasteiger partial charge on any atom is 0.126 e. The van der Waals surface area contributed by atoms with Gasteiger partial charge in [0.25, 0.3) is 0 Å². The highest BCUT2D eigenvalue weighted by Gasteiger charge is 1.98. The zero-order valence-corrected chi connectivity index (χ0v) is 9.72. The largest absolute Gasteiger partial charge is 0.497 e. The van der Waals surface area contributed by atoms with E-state index in [2.05, 4.69) is 6.58 Å². The number of benzene rings is 2. The second-order valence-corrected chi connectivity index (χ2v) is 3.54. The summed E-state index contributed by atoms with van der Waals surface area (Å²) in [6.45, 7) is 3.52. The Hall–Kier alpha value is -2.22. The highest BCUT2D eigenvalue weighted by molar-refractivity contribution is 5.64. The molecule has 0 spiro atoms. The predicted molar refractivity (Wildman–Crippen MR) is 69.3 cm³/mol. The molecule has 2 aromatic carbocycles. The quantitative estimate of drug-likeness (QED) is 0.736. The molecule has 0 atom stereocenters. The standard InChI is InChI=1S/C15H14O2/c1-3-17-15-10-6-13(7-11-15)12-4-8-14(16-2)9-5-12/h3-11H,1H2,2H3. The molecular weight excluding hydrogens is 212 g/mol. The molecule has 0 bridgehead atoms. The van der Waals surface area contributed by atoms with Gasteiger partial charge in [-0.15, -0.1) is 0 Å². The van der Waals surface area contributed by atoms with E-state index >= 15 is 0 Å². The molecule has 2 heteroatoms. The number of ether oxygens (including phenoxy) is 2. The van der Waals surface area contributed by atoms with E-state index in [1.165, 1.54) is 6.26 Å². The minimum Gasteiger partial charge on any atom is -0.497 e. The van der Waals surface area contributed by atoms with Crippen molar-refractivity contribution in [2.24, 2.45) is 0 Å². The Morgan fingerprint density at radius 1 is 0.824 bits per heavy atom. The molecule has 2 rings (SSSR count). The van der Waals surface area contributed by atoms with Crippen molar-refractivity contribution in [1.82, 2.24) is 0 Å². The predicted octanol–water partition coefficient (Wildman–Crippen LogP) is 3.88. The average molecular weight is 226 g/mol. The summed E-state index contributed by atoms with van der Waals surface area (Å²) in [7, 11) is 1.66. The third kappa shape index (κ3) is 2.67. The molecule has 17 heavy (non-hydrogen) atoms. The van der Waals surface area contributed by atoms with Crippen LogP contribution in [0.2, 0.25) is 0 Å². The van der Waals surface area contributed by atoms with E-state index in [1.54, 1.807) is 7.11 Å². The van der Waals surface area contributed by atoms with Gasteiger partial charge in [-0.05, 0) is 35.4 Å². The first-order valence-corrected chi connectivity index (χ1v) is 5.35. The van der Waals surface area contributed by atoms with Crippen molar-refractivity contribution in [3.63, 3.8) is 0 Å². The molecule has 0 amide bonds. The lowest BCUT2D eigenvalue weighted by atomic mass is 10.1. The van der Waals surface area contributed by atoms with Crippen LogP contribution in [0.4, 0.5) is 0 Å². The molecule has 0 aromatic heterocycles. The third-order valence-electron chi connectivity index (χ3n) is 2.50. The number of hydrogen-bond acceptors (Lipinski definition) is 2. The summed E-state index contributed by atoms with van der Waals surface area (Å²) in [6, 6.07) is 15.8. The Labute approximate surface area is 101 Å². The highest BCUT2D eigenvalue weighted by atomic mass is 16.5. The molecule has 0 aliphatic carbocycles. The third-order valence-corrected chi connectivity index (χ3v) is 2.50. The Morgan fingerprint density at radius 2 is 1.29 bits per heavy atom. The van der Waals surface area contributed by atoms with Crippen LogP contribution in [0, 0.1) is 0 Å². The van der Waals surface area contributed by atoms with Crippen LogP contribution in [0.15, 0.2) is 61.4 Å². The van der Waals surface area contributed by atoms with Gasteiger partial charge in [-0.1, -0.05) is 30.8 Å². The van der Waals surface area contributed by atoms with Crippen LogP contribution in [0.5, 0.6) is 11.5 Å². The van der Waals surface area contributed by atoms with E-state index in [9.17, 15) is 0 Å². The van der Waals surface area contributed by atoms with Gasteiger partial charge in [0.1, 0.15) is 11.5 Å². The summed E-state index contributed by atoms with van der Waals surface area (Å²) < 4.78 is 10.3. The van der Waals surface area contributed by atoms with Crippen molar-refractivity contribution >= 4 is 0 Å². The zero-order chi connectivity index (χ0) is 12.1. The van der Waals surface area contributed by atoms with E-state index in [1.807, 2.05) is 48.5 Å². The van der Waals surface area contributed by atoms with Gasteiger partial charge in [-0.3, -0.25) is 0 Å². The summed E-state index contributed by atoms with van der Waals surface area (Å²) in [6.07, 6.45) is 1.42. The fourth-order valence-electron chi connectivity index (χ4n) is 1.61. The van der Waals surface area contributed by atoms with Crippen LogP contribution in [0.3, 0.4) is 0 Å². The van der Waals surface area contributed by atoms with Crippen molar-refractivity contribution in [2.75, 3.05) is 7.11 Å². The maximum atomic E-state index is 5.18. The van der Waals surface area contributed by atoms with Gasteiger partial charge in [0.2, 0.25) is 0 Å². The lowest BCUT2D eigenvalue weighted by Crippen LogP contribution is -1.83. The van der Waals surface area contributed by atoms with Gasteiger partial charge in [0.05, 0.1) is 13.4 Å². The molecule has 86 valence electrons. The normalized spacial score (nSPS) is 9.71. The molecule has 2 nitrogen and oxygen atoms in total. The van der Waals surface area contributed by atoms with Gasteiger partial charge in [-0.2, -0.15) is 0 Å². The molecule has 2 aromatic rings. The van der Waals surface area contributed by atoms with E-state index in [0.717, 1.165) is 22.6 Å². The van der Waals surface area contributed by atoms with Crippen LogP contribution < -0.4 is 9.47 Å². The monoisotopic (exact) mass is 226 g/mol. The van der Waals surface area contributed by atoms with Gasteiger partial charge in [-0.25, -0.2) is 0 Å². The maximum absolute atomic E-state index is 5.18. The number of rotatable bonds is 4. The van der Waals surface area contributed by atoms with E-state index in [0.29, 0.717) is 0 Å². The molecule has 0 aliphatic heterocycles. The van der Waals surface area contributed by atoms with Crippen LogP contribution in [-0.2, 0) is 0 Å². The lowest BCUT2D eigenvalue weighted by Gasteiger charge is -2.05. The molecular formula is C15H14O2. The van der Waals surface area contributed by atoms with E-state index in [4.69, 9.17) is 9.47 Å². The van der Waals surface area contributed by atoms with E-state index in [-0.39, 0.29) is 0 Å². The summed E-state index contributed by atoms with van der Waals surface area (Å²) in [5.74, 6) is 1.65. The van der Waals surface area contributed by atoms with Crippen molar-refractivity contribution in [1.29, 1.82) is 0 Å². The molecule has 0 heterocycles. The Bertz CT molecular complexity index is 483. The van der Waals surface area contributed by atoms with Gasteiger partial charge >= 0.3 is 0 Å². The summed E-state index contributed by atoms with van der Waals surface area (Å²) in [5.41, 5.74) is 2.29. The number of methoxy groups -OCH3 is 1. The molecule has 0 N–H and O–H groups in total. The van der Waals surface area contributed by atoms with Crippen molar-refractivity contribution in [3.05, 3.63) is 61.4 Å². The molecule has 0 saturated heterocycles. The van der Waals surface area contributed by atoms with Crippen LogP contribution in [-0.4, -0.2) is 7.11 Å². The Balaban J connectivity index is 2.23. The number of hydrogen-bond donors (Lipinski definition) is 0. The van der Waals surface area contributed by atoms with Crippen molar-refractivity contribution in [2.45, 2.75) is 0 Å². The molecule has 0 radical (unpaired) electrons. The lowest BCUT2D eigenvalue weighted by molar-refractivity contribution is 0.415. The first-order chi connectivity index (χ1) is 8.33. The molecule has 0 fully saturated rings. The smallest absolute Gasteiger partial charge is 0.126 e. The fourth-order valence-corrected chi connectivity index (χ4v) is 1.61. The summed E-state index contributed by atoms with van der Waals surface area (Å²) in [5, 5.41) is 0.